The van der Waals surface area contributed by atoms with Gasteiger partial charge in [-0.1, -0.05) is 0 Å². The van der Waals surface area contributed by atoms with Crippen molar-refractivity contribution in [3.8, 4) is 0 Å². The molecule has 3 heterocycles. The highest BCUT2D eigenvalue weighted by molar-refractivity contribution is 5.83. The van der Waals surface area contributed by atoms with Crippen molar-refractivity contribution >= 4 is 17.0 Å². The van der Waals surface area contributed by atoms with E-state index in [-0.39, 0.29) is 6.23 Å². The molecule has 2 aromatic rings. The number of fused-ring (bicyclic) bond motifs is 1. The van der Waals surface area contributed by atoms with Gasteiger partial charge >= 0.3 is 0 Å². The second-order valence-corrected chi connectivity index (χ2v) is 4.38. The van der Waals surface area contributed by atoms with Crippen LogP contribution in [0.25, 0.3) is 11.2 Å². The molecule has 0 N–H and O–H groups in total. The first-order valence-corrected chi connectivity index (χ1v) is 5.74. The molecular weight excluding hydrogens is 218 g/mol. The molecule has 1 fully saturated rings. The molecule has 6 heteroatoms. The molecule has 2 aromatic heterocycles. The normalized spacial score (nSPS) is 20.0. The van der Waals surface area contributed by atoms with Crippen LogP contribution in [0.4, 0.5) is 5.82 Å². The third kappa shape index (κ3) is 1.64. The minimum atomic E-state index is 0.0740. The summed E-state index contributed by atoms with van der Waals surface area (Å²) in [6.07, 6.45) is 5.56. The summed E-state index contributed by atoms with van der Waals surface area (Å²) in [5, 5.41) is 0. The van der Waals surface area contributed by atoms with Crippen LogP contribution in [0.1, 0.15) is 19.1 Å². The Morgan fingerprint density at radius 3 is 2.94 bits per heavy atom. The maximum absolute atomic E-state index is 5.65. The Bertz CT molecular complexity index is 530. The van der Waals surface area contributed by atoms with Crippen molar-refractivity contribution in [3.05, 3.63) is 12.7 Å². The number of hydrogen-bond donors (Lipinski definition) is 0. The van der Waals surface area contributed by atoms with Crippen molar-refractivity contribution in [2.45, 2.75) is 19.1 Å². The number of aromatic nitrogens is 4. The molecule has 17 heavy (non-hydrogen) atoms. The number of hydrogen-bond acceptors (Lipinski definition) is 5. The van der Waals surface area contributed by atoms with E-state index >= 15 is 0 Å². The Labute approximate surface area is 99.2 Å². The topological polar surface area (TPSA) is 56.1 Å². The van der Waals surface area contributed by atoms with Crippen LogP contribution in [0.5, 0.6) is 0 Å². The van der Waals surface area contributed by atoms with Crippen LogP contribution < -0.4 is 4.90 Å². The quantitative estimate of drug-likeness (QED) is 0.780. The van der Waals surface area contributed by atoms with Crippen LogP contribution in [-0.4, -0.2) is 40.2 Å². The third-order valence-corrected chi connectivity index (χ3v) is 2.98. The van der Waals surface area contributed by atoms with Crippen molar-refractivity contribution in [3.63, 3.8) is 0 Å². The lowest BCUT2D eigenvalue weighted by molar-refractivity contribution is 0.0593. The predicted octanol–water partition coefficient (Wildman–Crippen LogP) is 1.20. The Kier molecular flexibility index (Phi) is 2.44. The molecule has 0 aliphatic carbocycles. The van der Waals surface area contributed by atoms with E-state index in [9.17, 15) is 0 Å². The summed E-state index contributed by atoms with van der Waals surface area (Å²) in [7, 11) is 3.90. The molecule has 6 nitrogen and oxygen atoms in total. The summed E-state index contributed by atoms with van der Waals surface area (Å²) in [6.45, 7) is 0.815. The summed E-state index contributed by atoms with van der Waals surface area (Å²) in [5.74, 6) is 0.840. The van der Waals surface area contributed by atoms with Gasteiger partial charge in [0.25, 0.3) is 0 Å². The number of imidazole rings is 1. The van der Waals surface area contributed by atoms with E-state index in [1.807, 2.05) is 23.6 Å². The van der Waals surface area contributed by atoms with E-state index in [0.717, 1.165) is 36.4 Å². The van der Waals surface area contributed by atoms with Crippen LogP contribution in [0.15, 0.2) is 12.7 Å². The molecule has 1 aliphatic heterocycles. The zero-order chi connectivity index (χ0) is 11.8. The van der Waals surface area contributed by atoms with E-state index < -0.39 is 0 Å². The first-order chi connectivity index (χ1) is 8.27. The monoisotopic (exact) mass is 233 g/mol. The molecule has 0 amide bonds. The van der Waals surface area contributed by atoms with E-state index in [0.29, 0.717) is 0 Å². The standard InChI is InChI=1S/C11H15N5O/c1-15(2)10-9-11(13-6-12-10)16(7-14-9)8-4-3-5-17-8/h6-8H,3-5H2,1-2H3/t8-/m1/s1. The second-order valence-electron chi connectivity index (χ2n) is 4.38. The SMILES string of the molecule is CN(C)c1ncnc2c1ncn2[C@H]1CCCO1. The molecule has 3 rings (SSSR count). The molecule has 1 saturated heterocycles. The zero-order valence-electron chi connectivity index (χ0n) is 10.00. The number of nitrogens with zero attached hydrogens (tertiary/aromatic N) is 5. The summed E-state index contributed by atoms with van der Waals surface area (Å²) in [5.41, 5.74) is 1.67. The summed E-state index contributed by atoms with van der Waals surface area (Å²) in [6, 6.07) is 0. The lowest BCUT2D eigenvalue weighted by Gasteiger charge is -2.13. The Morgan fingerprint density at radius 2 is 2.24 bits per heavy atom. The van der Waals surface area contributed by atoms with Gasteiger partial charge in [-0.25, -0.2) is 15.0 Å². The van der Waals surface area contributed by atoms with Crippen molar-refractivity contribution in [2.24, 2.45) is 0 Å². The summed E-state index contributed by atoms with van der Waals surface area (Å²) in [4.78, 5) is 14.9. The van der Waals surface area contributed by atoms with Crippen LogP contribution in [0, 0.1) is 0 Å². The molecular formula is C11H15N5O. The molecule has 0 spiro atoms. The average Bonchev–Trinajstić information content (AvgIpc) is 2.96. The highest BCUT2D eigenvalue weighted by Crippen LogP contribution is 2.28. The first kappa shape index (κ1) is 10.5. The average molecular weight is 233 g/mol. The van der Waals surface area contributed by atoms with Crippen molar-refractivity contribution < 1.29 is 4.74 Å². The number of ether oxygens (including phenoxy) is 1. The molecule has 1 aliphatic rings. The van der Waals surface area contributed by atoms with Crippen molar-refractivity contribution in [2.75, 3.05) is 25.6 Å². The highest BCUT2D eigenvalue weighted by atomic mass is 16.5. The van der Waals surface area contributed by atoms with Gasteiger partial charge in [0.15, 0.2) is 17.0 Å². The predicted molar refractivity (Wildman–Crippen MR) is 63.9 cm³/mol. The van der Waals surface area contributed by atoms with Crippen molar-refractivity contribution in [1.82, 2.24) is 19.5 Å². The minimum Gasteiger partial charge on any atom is -0.361 e. The van der Waals surface area contributed by atoms with Gasteiger partial charge < -0.3 is 9.64 Å². The van der Waals surface area contributed by atoms with Crippen LogP contribution in [-0.2, 0) is 4.74 Å². The molecule has 1 atom stereocenters. The second kappa shape index (κ2) is 3.96. The smallest absolute Gasteiger partial charge is 0.167 e. The van der Waals surface area contributed by atoms with Gasteiger partial charge in [-0.05, 0) is 12.8 Å². The number of rotatable bonds is 2. The zero-order valence-corrected chi connectivity index (χ0v) is 10.00. The van der Waals surface area contributed by atoms with E-state index in [4.69, 9.17) is 4.74 Å². The Morgan fingerprint density at radius 1 is 1.35 bits per heavy atom. The Hall–Kier alpha value is -1.69. The van der Waals surface area contributed by atoms with Crippen molar-refractivity contribution in [1.29, 1.82) is 0 Å². The number of anilines is 1. The van der Waals surface area contributed by atoms with Gasteiger partial charge in [0.2, 0.25) is 0 Å². The maximum Gasteiger partial charge on any atom is 0.167 e. The maximum atomic E-state index is 5.65. The third-order valence-electron chi connectivity index (χ3n) is 2.98. The van der Waals surface area contributed by atoms with E-state index in [1.54, 1.807) is 12.7 Å². The van der Waals surface area contributed by atoms with Crippen LogP contribution >= 0.6 is 0 Å². The van der Waals surface area contributed by atoms with Gasteiger partial charge in [0.1, 0.15) is 12.6 Å². The highest BCUT2D eigenvalue weighted by Gasteiger charge is 2.21. The molecule has 0 saturated carbocycles. The minimum absolute atomic E-state index is 0.0740. The molecule has 90 valence electrons. The Balaban J connectivity index is 2.12. The molecule has 0 unspecified atom stereocenters. The van der Waals surface area contributed by atoms with E-state index in [2.05, 4.69) is 15.0 Å². The summed E-state index contributed by atoms with van der Waals surface area (Å²) < 4.78 is 7.65. The molecule has 0 radical (unpaired) electrons. The first-order valence-electron chi connectivity index (χ1n) is 5.74. The van der Waals surface area contributed by atoms with Gasteiger partial charge in [-0.3, -0.25) is 4.57 Å². The van der Waals surface area contributed by atoms with Gasteiger partial charge in [0, 0.05) is 20.7 Å². The van der Waals surface area contributed by atoms with Crippen LogP contribution in [0.3, 0.4) is 0 Å². The van der Waals surface area contributed by atoms with Gasteiger partial charge in [-0.2, -0.15) is 0 Å². The lowest BCUT2D eigenvalue weighted by atomic mass is 10.3. The lowest BCUT2D eigenvalue weighted by Crippen LogP contribution is -2.12. The fourth-order valence-electron chi connectivity index (χ4n) is 2.16. The largest absolute Gasteiger partial charge is 0.361 e. The fourth-order valence-corrected chi connectivity index (χ4v) is 2.16. The van der Waals surface area contributed by atoms with Gasteiger partial charge in [0.05, 0.1) is 6.33 Å². The van der Waals surface area contributed by atoms with Crippen LogP contribution in [0.2, 0.25) is 0 Å². The molecule has 0 aromatic carbocycles. The molecule has 0 bridgehead atoms. The summed E-state index contributed by atoms with van der Waals surface area (Å²) >= 11 is 0. The van der Waals surface area contributed by atoms with Gasteiger partial charge in [-0.15, -0.1) is 0 Å². The fraction of sp³-hybridized carbons (Fsp3) is 0.545. The van der Waals surface area contributed by atoms with E-state index in [1.165, 1.54) is 0 Å².